The van der Waals surface area contributed by atoms with E-state index < -0.39 is 6.04 Å². The number of nitrogens with one attached hydrogen (secondary N) is 1. The van der Waals surface area contributed by atoms with Crippen molar-refractivity contribution in [2.75, 3.05) is 31.1 Å². The van der Waals surface area contributed by atoms with Crippen LogP contribution in [-0.4, -0.2) is 48.9 Å². The van der Waals surface area contributed by atoms with Crippen molar-refractivity contribution in [2.45, 2.75) is 38.1 Å². The fourth-order valence-corrected chi connectivity index (χ4v) is 4.37. The Morgan fingerprint density at radius 2 is 1.80 bits per heavy atom. The summed E-state index contributed by atoms with van der Waals surface area (Å²) in [6.07, 6.45) is 4.11. The van der Waals surface area contributed by atoms with Crippen molar-refractivity contribution in [3.63, 3.8) is 0 Å². The van der Waals surface area contributed by atoms with Crippen LogP contribution in [0.3, 0.4) is 0 Å². The number of para-hydroxylation sites is 1. The lowest BCUT2D eigenvalue weighted by atomic mass is 10.0. The number of hydrogen-bond donors (Lipinski definition) is 1. The predicted molar refractivity (Wildman–Crippen MR) is 122 cm³/mol. The third-order valence-electron chi connectivity index (χ3n) is 5.91. The van der Waals surface area contributed by atoms with Crippen molar-refractivity contribution in [1.29, 1.82) is 0 Å². The molecule has 6 heteroatoms. The molecule has 0 spiro atoms. The topological polar surface area (TPSA) is 52.7 Å². The highest BCUT2D eigenvalue weighted by Crippen LogP contribution is 2.27. The number of carbonyl (C=O) groups excluding carboxylic acids is 2. The smallest absolute Gasteiger partial charge is 0.240 e. The van der Waals surface area contributed by atoms with Crippen molar-refractivity contribution in [1.82, 2.24) is 10.2 Å². The van der Waals surface area contributed by atoms with Gasteiger partial charge in [-0.2, -0.15) is 0 Å². The Labute approximate surface area is 184 Å². The fourth-order valence-electron chi connectivity index (χ4n) is 4.37. The Kier molecular flexibility index (Phi) is 7.88. The summed E-state index contributed by atoms with van der Waals surface area (Å²) in [7, 11) is 0. The van der Waals surface area contributed by atoms with Crippen LogP contribution in [0.1, 0.15) is 30.4 Å². The summed E-state index contributed by atoms with van der Waals surface area (Å²) in [5.74, 6) is 0.0945. The molecule has 2 aromatic carbocycles. The van der Waals surface area contributed by atoms with Crippen LogP contribution in [0.2, 0.25) is 0 Å². The number of benzene rings is 2. The number of rotatable bonds is 6. The van der Waals surface area contributed by atoms with E-state index in [1.807, 2.05) is 46.2 Å². The van der Waals surface area contributed by atoms with Crippen LogP contribution >= 0.6 is 12.4 Å². The highest BCUT2D eigenvalue weighted by atomic mass is 35.5. The van der Waals surface area contributed by atoms with Gasteiger partial charge in [0.2, 0.25) is 11.8 Å². The standard InChI is InChI=1S/C24H29N3O2.ClH/c28-23(27-16-7-12-20-11-4-5-13-22(20)27)18-21-24(29)26(17-14-25-21)15-6-10-19-8-2-1-3-9-19;/h1-5,8-9,11,13,21,25H,6-7,10,12,14-18H2;1H. The fraction of sp³-hybridized carbons (Fsp3) is 0.417. The van der Waals surface area contributed by atoms with Crippen LogP contribution in [-0.2, 0) is 22.4 Å². The number of fused-ring (bicyclic) bond motifs is 1. The second-order valence-corrected chi connectivity index (χ2v) is 7.90. The molecule has 2 amide bonds. The van der Waals surface area contributed by atoms with Crippen molar-refractivity contribution in [3.05, 3.63) is 65.7 Å². The molecule has 1 unspecified atom stereocenters. The van der Waals surface area contributed by atoms with Crippen LogP contribution in [0, 0.1) is 0 Å². The molecule has 2 aliphatic rings. The summed E-state index contributed by atoms with van der Waals surface area (Å²) in [4.78, 5) is 29.7. The van der Waals surface area contributed by atoms with Gasteiger partial charge in [0.25, 0.3) is 0 Å². The van der Waals surface area contributed by atoms with Gasteiger partial charge in [-0.05, 0) is 42.9 Å². The number of hydrogen-bond acceptors (Lipinski definition) is 3. The van der Waals surface area contributed by atoms with Crippen molar-refractivity contribution >= 4 is 29.9 Å². The van der Waals surface area contributed by atoms with Gasteiger partial charge in [0, 0.05) is 31.9 Å². The largest absolute Gasteiger partial charge is 0.340 e. The molecule has 1 N–H and O–H groups in total. The van der Waals surface area contributed by atoms with Gasteiger partial charge in [0.15, 0.2) is 0 Å². The lowest BCUT2D eigenvalue weighted by Gasteiger charge is -2.35. The normalized spacial score (nSPS) is 18.5. The first-order valence-corrected chi connectivity index (χ1v) is 10.7. The Morgan fingerprint density at radius 3 is 2.63 bits per heavy atom. The molecule has 160 valence electrons. The van der Waals surface area contributed by atoms with E-state index in [4.69, 9.17) is 0 Å². The number of nitrogens with zero attached hydrogens (tertiary/aromatic N) is 2. The van der Waals surface area contributed by atoms with Gasteiger partial charge in [-0.3, -0.25) is 9.59 Å². The molecule has 0 bridgehead atoms. The minimum atomic E-state index is -0.415. The summed E-state index contributed by atoms with van der Waals surface area (Å²) >= 11 is 0. The lowest BCUT2D eigenvalue weighted by molar-refractivity contribution is -0.137. The highest BCUT2D eigenvalue weighted by Gasteiger charge is 2.32. The molecular formula is C24H30ClN3O2. The second-order valence-electron chi connectivity index (χ2n) is 7.90. The van der Waals surface area contributed by atoms with Gasteiger partial charge in [0.05, 0.1) is 12.5 Å². The minimum absolute atomic E-state index is 0. The summed E-state index contributed by atoms with van der Waals surface area (Å²) in [5, 5.41) is 3.26. The molecule has 5 nitrogen and oxygen atoms in total. The summed E-state index contributed by atoms with van der Waals surface area (Å²) in [6.45, 7) is 2.93. The Morgan fingerprint density at radius 1 is 1.03 bits per heavy atom. The summed E-state index contributed by atoms with van der Waals surface area (Å²) in [6, 6.07) is 18.0. The molecule has 4 rings (SSSR count). The number of carbonyl (C=O) groups is 2. The number of amides is 2. The van der Waals surface area contributed by atoms with Gasteiger partial charge in [-0.25, -0.2) is 0 Å². The summed E-state index contributed by atoms with van der Waals surface area (Å²) < 4.78 is 0. The quantitative estimate of drug-likeness (QED) is 0.770. The maximum atomic E-state index is 13.0. The molecule has 0 radical (unpaired) electrons. The van der Waals surface area contributed by atoms with Crippen LogP contribution in [0.25, 0.3) is 0 Å². The molecule has 2 heterocycles. The van der Waals surface area contributed by atoms with Gasteiger partial charge in [0.1, 0.15) is 0 Å². The molecule has 0 aromatic heterocycles. The van der Waals surface area contributed by atoms with Crippen LogP contribution in [0.15, 0.2) is 54.6 Å². The molecular weight excluding hydrogens is 398 g/mol. The monoisotopic (exact) mass is 427 g/mol. The predicted octanol–water partition coefficient (Wildman–Crippen LogP) is 3.21. The maximum Gasteiger partial charge on any atom is 0.240 e. The average Bonchev–Trinajstić information content (AvgIpc) is 2.76. The molecule has 30 heavy (non-hydrogen) atoms. The first-order chi connectivity index (χ1) is 14.2. The molecule has 0 aliphatic carbocycles. The van der Waals surface area contributed by atoms with Gasteiger partial charge in [-0.15, -0.1) is 12.4 Å². The van der Waals surface area contributed by atoms with Crippen molar-refractivity contribution in [2.24, 2.45) is 0 Å². The van der Waals surface area contributed by atoms with Gasteiger partial charge < -0.3 is 15.1 Å². The molecule has 0 saturated carbocycles. The zero-order valence-electron chi connectivity index (χ0n) is 17.3. The van der Waals surface area contributed by atoms with Crippen molar-refractivity contribution < 1.29 is 9.59 Å². The van der Waals surface area contributed by atoms with E-state index in [0.29, 0.717) is 6.54 Å². The molecule has 1 fully saturated rings. The van der Waals surface area contributed by atoms with Gasteiger partial charge >= 0.3 is 0 Å². The summed E-state index contributed by atoms with van der Waals surface area (Å²) in [5.41, 5.74) is 3.52. The third-order valence-corrected chi connectivity index (χ3v) is 5.91. The Hall–Kier alpha value is -2.37. The molecule has 1 saturated heterocycles. The number of aryl methyl sites for hydroxylation is 2. The van der Waals surface area contributed by atoms with E-state index in [1.165, 1.54) is 11.1 Å². The maximum absolute atomic E-state index is 13.0. The Bertz CT molecular complexity index is 859. The number of halogens is 1. The third kappa shape index (κ3) is 5.21. The first kappa shape index (κ1) is 22.3. The average molecular weight is 428 g/mol. The lowest BCUT2D eigenvalue weighted by Crippen LogP contribution is -2.56. The van der Waals surface area contributed by atoms with Crippen LogP contribution < -0.4 is 10.2 Å². The molecule has 2 aromatic rings. The number of anilines is 1. The van der Waals surface area contributed by atoms with E-state index in [1.54, 1.807) is 0 Å². The zero-order valence-corrected chi connectivity index (χ0v) is 18.1. The van der Waals surface area contributed by atoms with Crippen molar-refractivity contribution in [3.8, 4) is 0 Å². The minimum Gasteiger partial charge on any atom is -0.340 e. The SMILES string of the molecule is Cl.O=C1C(CC(=O)N2CCCc3ccccc32)NCCN1CCCc1ccccc1. The van der Waals surface area contributed by atoms with Crippen LogP contribution in [0.5, 0.6) is 0 Å². The van der Waals surface area contributed by atoms with E-state index in [2.05, 4.69) is 23.5 Å². The molecule has 1 atom stereocenters. The van der Waals surface area contributed by atoms with E-state index in [9.17, 15) is 9.59 Å². The zero-order chi connectivity index (χ0) is 20.1. The van der Waals surface area contributed by atoms with Crippen LogP contribution in [0.4, 0.5) is 5.69 Å². The first-order valence-electron chi connectivity index (χ1n) is 10.7. The molecule has 2 aliphatic heterocycles. The Balaban J connectivity index is 0.00000256. The van der Waals surface area contributed by atoms with E-state index >= 15 is 0 Å². The van der Waals surface area contributed by atoms with E-state index in [0.717, 1.165) is 51.0 Å². The van der Waals surface area contributed by atoms with Gasteiger partial charge in [-0.1, -0.05) is 48.5 Å². The number of piperazine rings is 1. The van der Waals surface area contributed by atoms with E-state index in [-0.39, 0.29) is 30.6 Å². The highest BCUT2D eigenvalue weighted by molar-refractivity contribution is 5.98. The second kappa shape index (κ2) is 10.6.